The third kappa shape index (κ3) is 2.54. The Morgan fingerprint density at radius 1 is 1.54 bits per heavy atom. The van der Waals surface area contributed by atoms with E-state index in [-0.39, 0.29) is 17.7 Å². The molecule has 1 unspecified atom stereocenters. The van der Waals surface area contributed by atoms with Gasteiger partial charge >= 0.3 is 0 Å². The van der Waals surface area contributed by atoms with Gasteiger partial charge in [-0.25, -0.2) is 0 Å². The van der Waals surface area contributed by atoms with Gasteiger partial charge < -0.3 is 9.69 Å². The number of aldehydes is 1. The number of hydrogen-bond donors (Lipinski definition) is 0. The number of hydrogen-bond acceptors (Lipinski definition) is 2. The van der Waals surface area contributed by atoms with Crippen LogP contribution in [0.1, 0.15) is 26.7 Å². The SMILES string of the molecule is CC(C)C(=O)N1CCCC(C=O)C1. The molecule has 1 aliphatic rings. The third-order valence-corrected chi connectivity index (χ3v) is 2.46. The van der Waals surface area contributed by atoms with Crippen LogP contribution in [0.15, 0.2) is 0 Å². The van der Waals surface area contributed by atoms with E-state index in [1.54, 1.807) is 0 Å². The lowest BCUT2D eigenvalue weighted by Crippen LogP contribution is -2.42. The van der Waals surface area contributed by atoms with Gasteiger partial charge in [-0.3, -0.25) is 4.79 Å². The molecule has 74 valence electrons. The highest BCUT2D eigenvalue weighted by molar-refractivity contribution is 5.78. The highest BCUT2D eigenvalue weighted by Crippen LogP contribution is 2.16. The first-order valence-electron chi connectivity index (χ1n) is 4.89. The normalized spacial score (nSPS) is 23.3. The summed E-state index contributed by atoms with van der Waals surface area (Å²) >= 11 is 0. The number of likely N-dealkylation sites (tertiary alicyclic amines) is 1. The summed E-state index contributed by atoms with van der Waals surface area (Å²) in [6, 6.07) is 0. The molecule has 1 rings (SSSR count). The molecule has 0 aromatic heterocycles. The van der Waals surface area contributed by atoms with Gasteiger partial charge in [0, 0.05) is 24.9 Å². The molecule has 0 aliphatic carbocycles. The molecule has 1 amide bonds. The minimum Gasteiger partial charge on any atom is -0.342 e. The van der Waals surface area contributed by atoms with Crippen LogP contribution in [0, 0.1) is 11.8 Å². The molecule has 1 saturated heterocycles. The van der Waals surface area contributed by atoms with Gasteiger partial charge in [0.1, 0.15) is 6.29 Å². The Bertz CT molecular complexity index is 201. The van der Waals surface area contributed by atoms with E-state index in [0.717, 1.165) is 25.7 Å². The first-order valence-corrected chi connectivity index (χ1v) is 4.89. The van der Waals surface area contributed by atoms with Gasteiger partial charge in [0.2, 0.25) is 5.91 Å². The fourth-order valence-electron chi connectivity index (χ4n) is 1.69. The maximum Gasteiger partial charge on any atom is 0.225 e. The Kier molecular flexibility index (Phi) is 3.46. The van der Waals surface area contributed by atoms with Crippen molar-refractivity contribution in [1.29, 1.82) is 0 Å². The maximum absolute atomic E-state index is 11.6. The minimum absolute atomic E-state index is 0.0467. The summed E-state index contributed by atoms with van der Waals surface area (Å²) in [6.45, 7) is 5.24. The predicted octanol–water partition coefficient (Wildman–Crippen LogP) is 1.08. The van der Waals surface area contributed by atoms with Crippen LogP contribution in [0.25, 0.3) is 0 Å². The van der Waals surface area contributed by atoms with Crippen molar-refractivity contribution in [1.82, 2.24) is 4.90 Å². The van der Waals surface area contributed by atoms with E-state index in [1.165, 1.54) is 0 Å². The summed E-state index contributed by atoms with van der Waals surface area (Å²) < 4.78 is 0. The number of carbonyl (C=O) groups excluding carboxylic acids is 2. The second kappa shape index (κ2) is 4.40. The highest BCUT2D eigenvalue weighted by atomic mass is 16.2. The highest BCUT2D eigenvalue weighted by Gasteiger charge is 2.24. The van der Waals surface area contributed by atoms with E-state index in [1.807, 2.05) is 18.7 Å². The molecule has 3 nitrogen and oxygen atoms in total. The van der Waals surface area contributed by atoms with Crippen molar-refractivity contribution >= 4 is 12.2 Å². The molecule has 1 fully saturated rings. The standard InChI is InChI=1S/C10H17NO2/c1-8(2)10(13)11-5-3-4-9(6-11)7-12/h7-9H,3-6H2,1-2H3. The summed E-state index contributed by atoms with van der Waals surface area (Å²) in [5.74, 6) is 0.286. The topological polar surface area (TPSA) is 37.4 Å². The molecular formula is C10H17NO2. The fraction of sp³-hybridized carbons (Fsp3) is 0.800. The van der Waals surface area contributed by atoms with E-state index in [9.17, 15) is 9.59 Å². The zero-order chi connectivity index (χ0) is 9.84. The second-order valence-electron chi connectivity index (χ2n) is 3.98. The molecular weight excluding hydrogens is 166 g/mol. The third-order valence-electron chi connectivity index (χ3n) is 2.46. The molecule has 1 heterocycles. The smallest absolute Gasteiger partial charge is 0.225 e. The zero-order valence-electron chi connectivity index (χ0n) is 8.32. The van der Waals surface area contributed by atoms with E-state index in [4.69, 9.17) is 0 Å². The van der Waals surface area contributed by atoms with Crippen molar-refractivity contribution in [2.24, 2.45) is 11.8 Å². The molecule has 0 N–H and O–H groups in total. The fourth-order valence-corrected chi connectivity index (χ4v) is 1.69. The van der Waals surface area contributed by atoms with Gasteiger partial charge in [0.05, 0.1) is 0 Å². The number of amides is 1. The molecule has 3 heteroatoms. The first-order chi connectivity index (χ1) is 6.15. The van der Waals surface area contributed by atoms with Crippen LogP contribution in [0.3, 0.4) is 0 Å². The minimum atomic E-state index is 0.0467. The van der Waals surface area contributed by atoms with Crippen molar-refractivity contribution < 1.29 is 9.59 Å². The van der Waals surface area contributed by atoms with E-state index in [2.05, 4.69) is 0 Å². The van der Waals surface area contributed by atoms with Crippen LogP contribution < -0.4 is 0 Å². The second-order valence-corrected chi connectivity index (χ2v) is 3.98. The molecule has 0 aromatic carbocycles. The zero-order valence-corrected chi connectivity index (χ0v) is 8.32. The number of piperidine rings is 1. The number of rotatable bonds is 2. The lowest BCUT2D eigenvalue weighted by Gasteiger charge is -2.31. The van der Waals surface area contributed by atoms with Gasteiger partial charge in [-0.05, 0) is 12.8 Å². The Hall–Kier alpha value is -0.860. The van der Waals surface area contributed by atoms with Gasteiger partial charge in [-0.15, -0.1) is 0 Å². The molecule has 0 saturated carbocycles. The Labute approximate surface area is 79.1 Å². The Balaban J connectivity index is 2.51. The summed E-state index contributed by atoms with van der Waals surface area (Å²) in [5, 5.41) is 0. The lowest BCUT2D eigenvalue weighted by molar-refractivity contribution is -0.136. The van der Waals surface area contributed by atoms with Crippen LogP contribution in [0.2, 0.25) is 0 Å². The first kappa shape index (κ1) is 10.2. The molecule has 1 atom stereocenters. The van der Waals surface area contributed by atoms with Gasteiger partial charge in [0.25, 0.3) is 0 Å². The van der Waals surface area contributed by atoms with Gasteiger partial charge in [-0.1, -0.05) is 13.8 Å². The molecule has 1 aliphatic heterocycles. The number of nitrogens with zero attached hydrogens (tertiary/aromatic N) is 1. The summed E-state index contributed by atoms with van der Waals surface area (Å²) in [5.41, 5.74) is 0. The summed E-state index contributed by atoms with van der Waals surface area (Å²) in [4.78, 5) is 23.9. The largest absolute Gasteiger partial charge is 0.342 e. The van der Waals surface area contributed by atoms with Crippen LogP contribution in [0.5, 0.6) is 0 Å². The van der Waals surface area contributed by atoms with Crippen LogP contribution in [0.4, 0.5) is 0 Å². The molecule has 0 spiro atoms. The maximum atomic E-state index is 11.6. The summed E-state index contributed by atoms with van der Waals surface area (Å²) in [6.07, 6.45) is 2.87. The predicted molar refractivity (Wildman–Crippen MR) is 50.2 cm³/mol. The van der Waals surface area contributed by atoms with Crippen molar-refractivity contribution in [3.63, 3.8) is 0 Å². The quantitative estimate of drug-likeness (QED) is 0.601. The monoisotopic (exact) mass is 183 g/mol. The molecule has 0 bridgehead atoms. The Morgan fingerprint density at radius 3 is 2.77 bits per heavy atom. The lowest BCUT2D eigenvalue weighted by atomic mass is 9.98. The van der Waals surface area contributed by atoms with Crippen molar-refractivity contribution in [3.05, 3.63) is 0 Å². The Morgan fingerprint density at radius 2 is 2.23 bits per heavy atom. The van der Waals surface area contributed by atoms with Crippen molar-refractivity contribution in [2.75, 3.05) is 13.1 Å². The van der Waals surface area contributed by atoms with Crippen molar-refractivity contribution in [3.8, 4) is 0 Å². The molecule has 0 aromatic rings. The van der Waals surface area contributed by atoms with Crippen molar-refractivity contribution in [2.45, 2.75) is 26.7 Å². The summed E-state index contributed by atoms with van der Waals surface area (Å²) in [7, 11) is 0. The van der Waals surface area contributed by atoms with E-state index >= 15 is 0 Å². The average Bonchev–Trinajstić information content (AvgIpc) is 2.16. The van der Waals surface area contributed by atoms with Crippen LogP contribution in [-0.2, 0) is 9.59 Å². The molecule has 0 radical (unpaired) electrons. The van der Waals surface area contributed by atoms with Gasteiger partial charge in [0.15, 0.2) is 0 Å². The number of carbonyl (C=O) groups is 2. The van der Waals surface area contributed by atoms with Crippen LogP contribution >= 0.6 is 0 Å². The van der Waals surface area contributed by atoms with E-state index in [0.29, 0.717) is 6.54 Å². The van der Waals surface area contributed by atoms with Crippen LogP contribution in [-0.4, -0.2) is 30.2 Å². The van der Waals surface area contributed by atoms with E-state index < -0.39 is 0 Å². The molecule has 13 heavy (non-hydrogen) atoms. The average molecular weight is 183 g/mol. The van der Waals surface area contributed by atoms with Gasteiger partial charge in [-0.2, -0.15) is 0 Å².